The Labute approximate surface area is 99.1 Å². The van der Waals surface area contributed by atoms with Gasteiger partial charge in [0.25, 0.3) is 0 Å². The number of carbonyl (C=O) groups is 1. The van der Waals surface area contributed by atoms with E-state index in [1.54, 1.807) is 12.1 Å². The Morgan fingerprint density at radius 1 is 0.941 bits per heavy atom. The van der Waals surface area contributed by atoms with E-state index in [1.807, 2.05) is 30.3 Å². The molecule has 2 aromatic rings. The van der Waals surface area contributed by atoms with Crippen LogP contribution in [-0.2, 0) is 0 Å². The summed E-state index contributed by atoms with van der Waals surface area (Å²) in [7, 11) is 0. The van der Waals surface area contributed by atoms with Crippen molar-refractivity contribution in [3.8, 4) is 0 Å². The molecule has 84 valence electrons. The minimum atomic E-state index is -0.276. The Bertz CT molecular complexity index is 619. The molecule has 0 heterocycles. The first kappa shape index (κ1) is 10.1. The molecule has 17 heavy (non-hydrogen) atoms. The predicted octanol–water partition coefficient (Wildman–Crippen LogP) is 1.86. The molecule has 2 aromatic carbocycles. The van der Waals surface area contributed by atoms with E-state index in [4.69, 9.17) is 11.5 Å². The SMILES string of the molecule is Nc1cccc2c1C(=O)c1ccccc1C2N. The zero-order chi connectivity index (χ0) is 12.0. The van der Waals surface area contributed by atoms with Gasteiger partial charge in [-0.3, -0.25) is 4.79 Å². The largest absolute Gasteiger partial charge is 0.398 e. The number of nitrogen functional groups attached to an aromatic ring is 1. The molecule has 1 unspecified atom stereocenters. The number of fused-ring (bicyclic) bond motifs is 2. The maximum atomic E-state index is 12.3. The number of ketones is 1. The van der Waals surface area contributed by atoms with Gasteiger partial charge in [-0.1, -0.05) is 36.4 Å². The standard InChI is InChI=1S/C14H12N2O/c15-11-7-3-6-10-12(11)14(17)9-5-2-1-4-8(9)13(10)16/h1-7,13H,15-16H2. The van der Waals surface area contributed by atoms with Crippen molar-refractivity contribution in [2.24, 2.45) is 5.73 Å². The number of hydrogen-bond acceptors (Lipinski definition) is 3. The minimum absolute atomic E-state index is 0.0320. The summed E-state index contributed by atoms with van der Waals surface area (Å²) in [6, 6.07) is 12.6. The van der Waals surface area contributed by atoms with Crippen molar-refractivity contribution in [1.29, 1.82) is 0 Å². The Hall–Kier alpha value is -2.13. The second kappa shape index (κ2) is 3.43. The van der Waals surface area contributed by atoms with Crippen molar-refractivity contribution in [3.05, 3.63) is 64.7 Å². The first-order valence-electron chi connectivity index (χ1n) is 5.47. The van der Waals surface area contributed by atoms with E-state index in [-0.39, 0.29) is 11.8 Å². The fourth-order valence-corrected chi connectivity index (χ4v) is 2.39. The number of hydrogen-bond donors (Lipinski definition) is 2. The molecule has 3 nitrogen and oxygen atoms in total. The summed E-state index contributed by atoms with van der Waals surface area (Å²) in [5.41, 5.74) is 15.5. The number of nitrogens with two attached hydrogens (primary N) is 2. The average molecular weight is 224 g/mol. The second-order valence-electron chi connectivity index (χ2n) is 4.21. The van der Waals surface area contributed by atoms with Crippen LogP contribution in [0.3, 0.4) is 0 Å². The van der Waals surface area contributed by atoms with Crippen molar-refractivity contribution in [2.45, 2.75) is 6.04 Å². The molecule has 1 atom stereocenters. The third-order valence-corrected chi connectivity index (χ3v) is 3.23. The Morgan fingerprint density at radius 3 is 2.47 bits per heavy atom. The summed E-state index contributed by atoms with van der Waals surface area (Å²) in [5.74, 6) is -0.0320. The molecule has 0 aromatic heterocycles. The smallest absolute Gasteiger partial charge is 0.195 e. The summed E-state index contributed by atoms with van der Waals surface area (Å²) >= 11 is 0. The van der Waals surface area contributed by atoms with Crippen LogP contribution in [-0.4, -0.2) is 5.78 Å². The van der Waals surface area contributed by atoms with Gasteiger partial charge in [-0.2, -0.15) is 0 Å². The number of anilines is 1. The molecule has 1 aliphatic carbocycles. The second-order valence-corrected chi connectivity index (χ2v) is 4.21. The molecule has 0 amide bonds. The molecule has 0 bridgehead atoms. The van der Waals surface area contributed by atoms with Crippen LogP contribution in [0, 0.1) is 0 Å². The van der Waals surface area contributed by atoms with E-state index < -0.39 is 0 Å². The molecular weight excluding hydrogens is 212 g/mol. The van der Waals surface area contributed by atoms with Gasteiger partial charge in [0.2, 0.25) is 0 Å². The van der Waals surface area contributed by atoms with Gasteiger partial charge in [-0.15, -0.1) is 0 Å². The Morgan fingerprint density at radius 2 is 1.65 bits per heavy atom. The van der Waals surface area contributed by atoms with Crippen LogP contribution in [0.1, 0.15) is 33.1 Å². The monoisotopic (exact) mass is 224 g/mol. The van der Waals surface area contributed by atoms with Crippen molar-refractivity contribution < 1.29 is 4.79 Å². The van der Waals surface area contributed by atoms with E-state index in [1.165, 1.54) is 0 Å². The lowest BCUT2D eigenvalue weighted by molar-refractivity contribution is 0.103. The first-order valence-corrected chi connectivity index (χ1v) is 5.47. The van der Waals surface area contributed by atoms with Crippen molar-refractivity contribution in [3.63, 3.8) is 0 Å². The van der Waals surface area contributed by atoms with Crippen LogP contribution in [0.5, 0.6) is 0 Å². The molecule has 3 heteroatoms. The Kier molecular flexibility index (Phi) is 2.03. The molecule has 0 radical (unpaired) electrons. The molecule has 0 spiro atoms. The lowest BCUT2D eigenvalue weighted by atomic mass is 9.81. The summed E-state index contributed by atoms with van der Waals surface area (Å²) < 4.78 is 0. The summed E-state index contributed by atoms with van der Waals surface area (Å²) in [6.07, 6.45) is 0. The molecule has 0 saturated heterocycles. The lowest BCUT2D eigenvalue weighted by Crippen LogP contribution is -2.25. The average Bonchev–Trinajstić information content (AvgIpc) is 2.36. The highest BCUT2D eigenvalue weighted by atomic mass is 16.1. The van der Waals surface area contributed by atoms with Crippen LogP contribution in [0.2, 0.25) is 0 Å². The van der Waals surface area contributed by atoms with Crippen LogP contribution in [0.25, 0.3) is 0 Å². The van der Waals surface area contributed by atoms with E-state index in [9.17, 15) is 4.79 Å². The summed E-state index contributed by atoms with van der Waals surface area (Å²) in [5, 5.41) is 0. The van der Waals surface area contributed by atoms with Crippen molar-refractivity contribution in [1.82, 2.24) is 0 Å². The van der Waals surface area contributed by atoms with Crippen LogP contribution < -0.4 is 11.5 Å². The van der Waals surface area contributed by atoms with Crippen LogP contribution in [0.15, 0.2) is 42.5 Å². The van der Waals surface area contributed by atoms with E-state index in [0.29, 0.717) is 16.8 Å². The fourth-order valence-electron chi connectivity index (χ4n) is 2.39. The van der Waals surface area contributed by atoms with Gasteiger partial charge >= 0.3 is 0 Å². The van der Waals surface area contributed by atoms with E-state index >= 15 is 0 Å². The quantitative estimate of drug-likeness (QED) is 0.671. The topological polar surface area (TPSA) is 69.1 Å². The van der Waals surface area contributed by atoms with Crippen molar-refractivity contribution >= 4 is 11.5 Å². The highest BCUT2D eigenvalue weighted by Gasteiger charge is 2.29. The number of rotatable bonds is 0. The van der Waals surface area contributed by atoms with Gasteiger partial charge in [0.1, 0.15) is 0 Å². The molecular formula is C14H12N2O. The maximum absolute atomic E-state index is 12.3. The van der Waals surface area contributed by atoms with Gasteiger partial charge in [-0.05, 0) is 17.2 Å². The first-order chi connectivity index (χ1) is 8.20. The molecule has 1 aliphatic rings. The third kappa shape index (κ3) is 1.29. The van der Waals surface area contributed by atoms with Crippen molar-refractivity contribution in [2.75, 3.05) is 5.73 Å². The van der Waals surface area contributed by atoms with Crippen LogP contribution >= 0.6 is 0 Å². The minimum Gasteiger partial charge on any atom is -0.398 e. The van der Waals surface area contributed by atoms with E-state index in [0.717, 1.165) is 11.1 Å². The zero-order valence-corrected chi connectivity index (χ0v) is 9.18. The molecule has 0 aliphatic heterocycles. The fraction of sp³-hybridized carbons (Fsp3) is 0.0714. The van der Waals surface area contributed by atoms with Gasteiger partial charge in [0.05, 0.1) is 11.6 Å². The molecule has 3 rings (SSSR count). The lowest BCUT2D eigenvalue weighted by Gasteiger charge is -2.25. The van der Waals surface area contributed by atoms with Crippen LogP contribution in [0.4, 0.5) is 5.69 Å². The van der Waals surface area contributed by atoms with Gasteiger partial charge in [0, 0.05) is 11.3 Å². The van der Waals surface area contributed by atoms with E-state index in [2.05, 4.69) is 0 Å². The van der Waals surface area contributed by atoms with Gasteiger partial charge < -0.3 is 11.5 Å². The number of benzene rings is 2. The zero-order valence-electron chi connectivity index (χ0n) is 9.18. The molecule has 4 N–H and O–H groups in total. The highest BCUT2D eigenvalue weighted by Crippen LogP contribution is 2.35. The highest BCUT2D eigenvalue weighted by molar-refractivity contribution is 6.15. The Balaban J connectivity index is 2.33. The normalized spacial score (nSPS) is 17.5. The summed E-state index contributed by atoms with van der Waals surface area (Å²) in [6.45, 7) is 0. The maximum Gasteiger partial charge on any atom is 0.195 e. The summed E-state index contributed by atoms with van der Waals surface area (Å²) in [4.78, 5) is 12.3. The molecule has 0 fully saturated rings. The van der Waals surface area contributed by atoms with Gasteiger partial charge in [-0.25, -0.2) is 0 Å². The van der Waals surface area contributed by atoms with Gasteiger partial charge in [0.15, 0.2) is 5.78 Å². The third-order valence-electron chi connectivity index (χ3n) is 3.23. The molecule has 0 saturated carbocycles. The predicted molar refractivity (Wildman–Crippen MR) is 66.8 cm³/mol. The number of carbonyl (C=O) groups excluding carboxylic acids is 1.